The van der Waals surface area contributed by atoms with Gasteiger partial charge in [0.1, 0.15) is 12.4 Å². The Hall–Kier alpha value is -1.82. The molecule has 1 saturated heterocycles. The number of carbonyl (C=O) groups is 2. The third-order valence-electron chi connectivity index (χ3n) is 3.96. The lowest BCUT2D eigenvalue weighted by molar-refractivity contribution is -0.142. The van der Waals surface area contributed by atoms with E-state index in [0.29, 0.717) is 18.0 Å². The van der Waals surface area contributed by atoms with Crippen LogP contribution in [0.5, 0.6) is 0 Å². The average molecular weight is 294 g/mol. The number of hydrogen-bond acceptors (Lipinski definition) is 4. The van der Waals surface area contributed by atoms with E-state index in [-0.39, 0.29) is 17.9 Å². The first-order chi connectivity index (χ1) is 10.1. The highest BCUT2D eigenvalue weighted by molar-refractivity contribution is 5.93. The van der Waals surface area contributed by atoms with Gasteiger partial charge in [-0.3, -0.25) is 9.59 Å². The Labute approximate surface area is 124 Å². The van der Waals surface area contributed by atoms with Crippen molar-refractivity contribution in [3.63, 3.8) is 0 Å². The molecule has 1 aliphatic rings. The van der Waals surface area contributed by atoms with E-state index in [1.54, 1.807) is 20.1 Å². The molecule has 2 amide bonds. The van der Waals surface area contributed by atoms with Gasteiger partial charge in [-0.05, 0) is 31.7 Å². The number of nitrogens with one attached hydrogen (secondary N) is 1. The molecule has 1 aromatic heterocycles. The van der Waals surface area contributed by atoms with E-state index < -0.39 is 0 Å². The predicted molar refractivity (Wildman–Crippen MR) is 76.8 cm³/mol. The highest BCUT2D eigenvalue weighted by Crippen LogP contribution is 2.17. The van der Waals surface area contributed by atoms with Gasteiger partial charge in [0, 0.05) is 26.7 Å². The van der Waals surface area contributed by atoms with Crippen molar-refractivity contribution in [2.24, 2.45) is 5.92 Å². The molecule has 2 rings (SSSR count). The lowest BCUT2D eigenvalue weighted by Gasteiger charge is -2.33. The normalized spacial score (nSPS) is 17.5. The van der Waals surface area contributed by atoms with Crippen molar-refractivity contribution in [2.45, 2.75) is 25.9 Å². The average Bonchev–Trinajstić information content (AvgIpc) is 3.06. The van der Waals surface area contributed by atoms with Crippen molar-refractivity contribution in [3.8, 4) is 0 Å². The lowest BCUT2D eigenvalue weighted by atomic mass is 9.96. The Balaban J connectivity index is 1.72. The van der Waals surface area contributed by atoms with Crippen LogP contribution in [0.15, 0.2) is 23.0 Å². The molecule has 6 nitrogen and oxygen atoms in total. The first kappa shape index (κ1) is 15.6. The molecular weight excluding hydrogens is 272 g/mol. The van der Waals surface area contributed by atoms with E-state index in [9.17, 15) is 9.59 Å². The zero-order valence-corrected chi connectivity index (χ0v) is 12.5. The van der Waals surface area contributed by atoms with E-state index in [0.717, 1.165) is 25.9 Å². The van der Waals surface area contributed by atoms with Gasteiger partial charge >= 0.3 is 0 Å². The van der Waals surface area contributed by atoms with Crippen molar-refractivity contribution in [1.29, 1.82) is 0 Å². The highest BCUT2D eigenvalue weighted by atomic mass is 16.5. The number of ether oxygens (including phenoxy) is 1. The van der Waals surface area contributed by atoms with Crippen LogP contribution in [0.1, 0.15) is 30.1 Å². The molecule has 1 fully saturated rings. The minimum Gasteiger partial charge on any atom is -0.472 e. The monoisotopic (exact) mass is 294 g/mol. The second-order valence-corrected chi connectivity index (χ2v) is 5.37. The zero-order chi connectivity index (χ0) is 15.2. The van der Waals surface area contributed by atoms with Crippen LogP contribution in [0.4, 0.5) is 0 Å². The Bertz CT molecular complexity index is 464. The summed E-state index contributed by atoms with van der Waals surface area (Å²) in [5.41, 5.74) is 0.538. The molecule has 2 heterocycles. The topological polar surface area (TPSA) is 71.8 Å². The molecule has 0 aliphatic carbocycles. The minimum absolute atomic E-state index is 0.0402. The fourth-order valence-corrected chi connectivity index (χ4v) is 2.45. The fraction of sp³-hybridized carbons (Fsp3) is 0.600. The van der Waals surface area contributed by atoms with E-state index >= 15 is 0 Å². The molecule has 1 aliphatic heterocycles. The molecule has 0 unspecified atom stereocenters. The highest BCUT2D eigenvalue weighted by Gasteiger charge is 2.26. The van der Waals surface area contributed by atoms with Crippen LogP contribution in [-0.4, -0.2) is 49.6 Å². The quantitative estimate of drug-likeness (QED) is 0.888. The Kier molecular flexibility index (Phi) is 5.38. The minimum atomic E-state index is -0.387. The first-order valence-electron chi connectivity index (χ1n) is 7.23. The third kappa shape index (κ3) is 4.07. The molecule has 0 spiro atoms. The van der Waals surface area contributed by atoms with Crippen LogP contribution in [0.25, 0.3) is 0 Å². The molecule has 1 atom stereocenters. The van der Waals surface area contributed by atoms with Gasteiger partial charge < -0.3 is 19.4 Å². The maximum Gasteiger partial charge on any atom is 0.254 e. The van der Waals surface area contributed by atoms with Crippen LogP contribution in [0.2, 0.25) is 0 Å². The standard InChI is InChI=1S/C15H22N2O4/c1-11(20-2)15(19)17-6-3-12(4-7-17)9-16-14(18)13-5-8-21-10-13/h5,8,10-12H,3-4,6-7,9H2,1-2H3,(H,16,18)/t11-/m0/s1. The molecule has 6 heteroatoms. The summed E-state index contributed by atoms with van der Waals surface area (Å²) in [6.07, 6.45) is 4.32. The van der Waals surface area contributed by atoms with Crippen molar-refractivity contribution in [2.75, 3.05) is 26.7 Å². The molecule has 1 N–H and O–H groups in total. The van der Waals surface area contributed by atoms with Gasteiger partial charge in [-0.2, -0.15) is 0 Å². The number of methoxy groups -OCH3 is 1. The Morgan fingerprint density at radius 2 is 2.19 bits per heavy atom. The van der Waals surface area contributed by atoms with Crippen LogP contribution in [-0.2, 0) is 9.53 Å². The van der Waals surface area contributed by atoms with Gasteiger partial charge in [0.15, 0.2) is 0 Å². The number of carbonyl (C=O) groups excluding carboxylic acids is 2. The summed E-state index contributed by atoms with van der Waals surface area (Å²) in [4.78, 5) is 25.6. The van der Waals surface area contributed by atoms with Crippen LogP contribution in [0, 0.1) is 5.92 Å². The van der Waals surface area contributed by atoms with Crippen molar-refractivity contribution < 1.29 is 18.7 Å². The number of likely N-dealkylation sites (tertiary alicyclic amines) is 1. The summed E-state index contributed by atoms with van der Waals surface area (Å²) in [6, 6.07) is 1.64. The van der Waals surface area contributed by atoms with E-state index in [1.165, 1.54) is 12.5 Å². The summed E-state index contributed by atoms with van der Waals surface area (Å²) in [5.74, 6) is 0.330. The summed E-state index contributed by atoms with van der Waals surface area (Å²) in [5, 5.41) is 2.91. The molecule has 0 saturated carbocycles. The Morgan fingerprint density at radius 1 is 1.48 bits per heavy atom. The van der Waals surface area contributed by atoms with Gasteiger partial charge in [0.25, 0.3) is 11.8 Å². The van der Waals surface area contributed by atoms with Gasteiger partial charge in [0.2, 0.25) is 0 Å². The number of furan rings is 1. The van der Waals surface area contributed by atoms with Crippen LogP contribution in [0.3, 0.4) is 0 Å². The second kappa shape index (κ2) is 7.26. The van der Waals surface area contributed by atoms with Crippen molar-refractivity contribution in [3.05, 3.63) is 24.2 Å². The van der Waals surface area contributed by atoms with Crippen LogP contribution < -0.4 is 5.32 Å². The summed E-state index contributed by atoms with van der Waals surface area (Å²) < 4.78 is 9.94. The third-order valence-corrected chi connectivity index (χ3v) is 3.96. The summed E-state index contributed by atoms with van der Waals surface area (Å²) in [6.45, 7) is 3.84. The maximum absolute atomic E-state index is 12.0. The molecule has 0 aromatic carbocycles. The van der Waals surface area contributed by atoms with Crippen molar-refractivity contribution >= 4 is 11.8 Å². The van der Waals surface area contributed by atoms with Gasteiger partial charge in [-0.15, -0.1) is 0 Å². The SMILES string of the molecule is CO[C@@H](C)C(=O)N1CCC(CNC(=O)c2ccoc2)CC1. The zero-order valence-electron chi connectivity index (χ0n) is 12.5. The number of piperidine rings is 1. The molecule has 0 bridgehead atoms. The molecular formula is C15H22N2O4. The predicted octanol–water partition coefficient (Wildman–Crippen LogP) is 1.28. The molecule has 0 radical (unpaired) electrons. The van der Waals surface area contributed by atoms with E-state index in [4.69, 9.17) is 9.15 Å². The van der Waals surface area contributed by atoms with Gasteiger partial charge in [-0.1, -0.05) is 0 Å². The van der Waals surface area contributed by atoms with Crippen LogP contribution >= 0.6 is 0 Å². The molecule has 21 heavy (non-hydrogen) atoms. The smallest absolute Gasteiger partial charge is 0.254 e. The van der Waals surface area contributed by atoms with Gasteiger partial charge in [0.05, 0.1) is 11.8 Å². The lowest BCUT2D eigenvalue weighted by Crippen LogP contribution is -2.45. The number of hydrogen-bond donors (Lipinski definition) is 1. The maximum atomic E-state index is 12.0. The van der Waals surface area contributed by atoms with Gasteiger partial charge in [-0.25, -0.2) is 0 Å². The Morgan fingerprint density at radius 3 is 2.76 bits per heavy atom. The molecule has 1 aromatic rings. The van der Waals surface area contributed by atoms with E-state index in [2.05, 4.69) is 5.32 Å². The summed E-state index contributed by atoms with van der Waals surface area (Å²) >= 11 is 0. The number of amides is 2. The number of rotatable bonds is 5. The van der Waals surface area contributed by atoms with E-state index in [1.807, 2.05) is 4.90 Å². The summed E-state index contributed by atoms with van der Waals surface area (Å²) in [7, 11) is 1.54. The van der Waals surface area contributed by atoms with Crippen molar-refractivity contribution in [1.82, 2.24) is 10.2 Å². The largest absolute Gasteiger partial charge is 0.472 e. The fourth-order valence-electron chi connectivity index (χ4n) is 2.45. The first-order valence-corrected chi connectivity index (χ1v) is 7.23. The number of nitrogens with zero attached hydrogens (tertiary/aromatic N) is 1. The second-order valence-electron chi connectivity index (χ2n) is 5.37. The molecule has 116 valence electrons.